The standard InChI is InChI=1S/C12H23N/c1-9-3-4-11(7-10(9)2)8-13-12-5-6-12/h9-13H,3-8H2,1-2H3. The van der Waals surface area contributed by atoms with Crippen LogP contribution < -0.4 is 5.32 Å². The van der Waals surface area contributed by atoms with Crippen LogP contribution in [0.5, 0.6) is 0 Å². The first-order valence-corrected chi connectivity index (χ1v) is 5.99. The van der Waals surface area contributed by atoms with E-state index in [4.69, 9.17) is 0 Å². The summed E-state index contributed by atoms with van der Waals surface area (Å²) in [5.41, 5.74) is 0. The van der Waals surface area contributed by atoms with Crippen molar-refractivity contribution in [1.29, 1.82) is 0 Å². The summed E-state index contributed by atoms with van der Waals surface area (Å²) in [6, 6.07) is 0.898. The molecule has 2 aliphatic carbocycles. The minimum atomic E-state index is 0.898. The van der Waals surface area contributed by atoms with Crippen molar-refractivity contribution in [3.8, 4) is 0 Å². The second-order valence-corrected chi connectivity index (χ2v) is 5.32. The molecular weight excluding hydrogens is 158 g/mol. The Labute approximate surface area is 82.3 Å². The Bertz CT molecular complexity index is 163. The lowest BCUT2D eigenvalue weighted by Crippen LogP contribution is -2.30. The molecule has 0 heterocycles. The molecule has 0 aromatic rings. The molecule has 3 unspecified atom stereocenters. The first-order valence-electron chi connectivity index (χ1n) is 5.99. The molecule has 0 bridgehead atoms. The van der Waals surface area contributed by atoms with Crippen LogP contribution >= 0.6 is 0 Å². The van der Waals surface area contributed by atoms with Gasteiger partial charge in [0, 0.05) is 6.04 Å². The molecule has 13 heavy (non-hydrogen) atoms. The lowest BCUT2D eigenvalue weighted by atomic mass is 9.76. The predicted molar refractivity (Wildman–Crippen MR) is 56.7 cm³/mol. The van der Waals surface area contributed by atoms with Gasteiger partial charge in [-0.15, -0.1) is 0 Å². The van der Waals surface area contributed by atoms with E-state index in [-0.39, 0.29) is 0 Å². The van der Waals surface area contributed by atoms with E-state index in [9.17, 15) is 0 Å². The van der Waals surface area contributed by atoms with E-state index < -0.39 is 0 Å². The molecule has 2 fully saturated rings. The van der Waals surface area contributed by atoms with Crippen molar-refractivity contribution in [3.63, 3.8) is 0 Å². The molecule has 76 valence electrons. The number of rotatable bonds is 3. The Morgan fingerprint density at radius 1 is 1.00 bits per heavy atom. The topological polar surface area (TPSA) is 12.0 Å². The minimum absolute atomic E-state index is 0.898. The normalized spacial score (nSPS) is 40.6. The molecule has 0 amide bonds. The van der Waals surface area contributed by atoms with E-state index >= 15 is 0 Å². The molecule has 2 saturated carbocycles. The zero-order chi connectivity index (χ0) is 9.26. The highest BCUT2D eigenvalue weighted by atomic mass is 14.9. The van der Waals surface area contributed by atoms with Crippen LogP contribution in [0.2, 0.25) is 0 Å². The second-order valence-electron chi connectivity index (χ2n) is 5.32. The van der Waals surface area contributed by atoms with Gasteiger partial charge in [0.2, 0.25) is 0 Å². The molecule has 0 spiro atoms. The summed E-state index contributed by atoms with van der Waals surface area (Å²) in [5.74, 6) is 2.91. The molecule has 0 saturated heterocycles. The minimum Gasteiger partial charge on any atom is -0.314 e. The third kappa shape index (κ3) is 2.70. The van der Waals surface area contributed by atoms with Crippen molar-refractivity contribution in [1.82, 2.24) is 5.32 Å². The van der Waals surface area contributed by atoms with Gasteiger partial charge in [-0.1, -0.05) is 20.3 Å². The maximum Gasteiger partial charge on any atom is 0.00683 e. The molecule has 1 N–H and O–H groups in total. The van der Waals surface area contributed by atoms with Gasteiger partial charge in [0.25, 0.3) is 0 Å². The third-order valence-corrected chi connectivity index (χ3v) is 3.98. The van der Waals surface area contributed by atoms with Crippen LogP contribution in [-0.4, -0.2) is 12.6 Å². The van der Waals surface area contributed by atoms with Gasteiger partial charge in [-0.3, -0.25) is 0 Å². The molecule has 0 aromatic carbocycles. The van der Waals surface area contributed by atoms with Crippen LogP contribution in [0.3, 0.4) is 0 Å². The largest absolute Gasteiger partial charge is 0.314 e. The van der Waals surface area contributed by atoms with Crippen LogP contribution in [0.15, 0.2) is 0 Å². The number of nitrogens with one attached hydrogen (secondary N) is 1. The van der Waals surface area contributed by atoms with Gasteiger partial charge in [-0.05, 0) is 50.0 Å². The molecule has 0 radical (unpaired) electrons. The summed E-state index contributed by atoms with van der Waals surface area (Å²) in [7, 11) is 0. The SMILES string of the molecule is CC1CCC(CNC2CC2)CC1C. The molecule has 1 nitrogen and oxygen atoms in total. The van der Waals surface area contributed by atoms with Crippen LogP contribution in [0.25, 0.3) is 0 Å². The van der Waals surface area contributed by atoms with Gasteiger partial charge in [-0.2, -0.15) is 0 Å². The summed E-state index contributed by atoms with van der Waals surface area (Å²) in [5, 5.41) is 3.66. The highest BCUT2D eigenvalue weighted by Crippen LogP contribution is 2.33. The van der Waals surface area contributed by atoms with Crippen molar-refractivity contribution >= 4 is 0 Å². The molecule has 0 aliphatic heterocycles. The van der Waals surface area contributed by atoms with Crippen LogP contribution in [0.4, 0.5) is 0 Å². The summed E-state index contributed by atoms with van der Waals surface area (Å²) in [4.78, 5) is 0. The first-order chi connectivity index (χ1) is 6.25. The van der Waals surface area contributed by atoms with E-state index in [1.54, 1.807) is 0 Å². The lowest BCUT2D eigenvalue weighted by Gasteiger charge is -2.32. The van der Waals surface area contributed by atoms with Crippen molar-refractivity contribution < 1.29 is 0 Å². The van der Waals surface area contributed by atoms with Crippen molar-refractivity contribution in [2.45, 2.75) is 52.0 Å². The number of hydrogen-bond acceptors (Lipinski definition) is 1. The zero-order valence-electron chi connectivity index (χ0n) is 9.05. The molecule has 2 aliphatic rings. The second kappa shape index (κ2) is 4.00. The third-order valence-electron chi connectivity index (χ3n) is 3.98. The molecule has 0 aromatic heterocycles. The summed E-state index contributed by atoms with van der Waals surface area (Å²) in [6.07, 6.45) is 7.24. The average molecular weight is 181 g/mol. The molecule has 2 rings (SSSR count). The van der Waals surface area contributed by atoms with Crippen molar-refractivity contribution in [2.24, 2.45) is 17.8 Å². The van der Waals surface area contributed by atoms with Crippen LogP contribution in [-0.2, 0) is 0 Å². The van der Waals surface area contributed by atoms with Gasteiger partial charge < -0.3 is 5.32 Å². The fourth-order valence-corrected chi connectivity index (χ4v) is 2.47. The maximum absolute atomic E-state index is 3.66. The van der Waals surface area contributed by atoms with Gasteiger partial charge in [0.1, 0.15) is 0 Å². The monoisotopic (exact) mass is 181 g/mol. The van der Waals surface area contributed by atoms with Crippen LogP contribution in [0, 0.1) is 17.8 Å². The predicted octanol–water partition coefficient (Wildman–Crippen LogP) is 2.81. The Balaban J connectivity index is 1.68. The van der Waals surface area contributed by atoms with E-state index in [2.05, 4.69) is 19.2 Å². The molecule has 1 heteroatoms. The molecular formula is C12H23N. The van der Waals surface area contributed by atoms with E-state index in [0.29, 0.717) is 0 Å². The highest BCUT2D eigenvalue weighted by molar-refractivity contribution is 4.83. The van der Waals surface area contributed by atoms with E-state index in [1.165, 1.54) is 38.6 Å². The fourth-order valence-electron chi connectivity index (χ4n) is 2.47. The maximum atomic E-state index is 3.66. The summed E-state index contributed by atoms with van der Waals surface area (Å²) < 4.78 is 0. The Hall–Kier alpha value is -0.0400. The highest BCUT2D eigenvalue weighted by Gasteiger charge is 2.26. The fraction of sp³-hybridized carbons (Fsp3) is 1.00. The summed E-state index contributed by atoms with van der Waals surface area (Å²) in [6.45, 7) is 6.13. The van der Waals surface area contributed by atoms with Gasteiger partial charge in [0.15, 0.2) is 0 Å². The Morgan fingerprint density at radius 3 is 2.38 bits per heavy atom. The van der Waals surface area contributed by atoms with E-state index in [1.807, 2.05) is 0 Å². The quantitative estimate of drug-likeness (QED) is 0.706. The zero-order valence-corrected chi connectivity index (χ0v) is 9.05. The van der Waals surface area contributed by atoms with Crippen LogP contribution in [0.1, 0.15) is 46.0 Å². The van der Waals surface area contributed by atoms with Crippen molar-refractivity contribution in [2.75, 3.05) is 6.54 Å². The first kappa shape index (κ1) is 9.51. The Morgan fingerprint density at radius 2 is 1.77 bits per heavy atom. The average Bonchev–Trinajstić information content (AvgIpc) is 2.91. The Kier molecular flexibility index (Phi) is 2.92. The number of hydrogen-bond donors (Lipinski definition) is 1. The summed E-state index contributed by atoms with van der Waals surface area (Å²) >= 11 is 0. The van der Waals surface area contributed by atoms with Gasteiger partial charge >= 0.3 is 0 Å². The smallest absolute Gasteiger partial charge is 0.00683 e. The van der Waals surface area contributed by atoms with Crippen molar-refractivity contribution in [3.05, 3.63) is 0 Å². The van der Waals surface area contributed by atoms with E-state index in [0.717, 1.165) is 23.8 Å². The van der Waals surface area contributed by atoms with Gasteiger partial charge in [-0.25, -0.2) is 0 Å². The lowest BCUT2D eigenvalue weighted by molar-refractivity contribution is 0.204. The molecule has 3 atom stereocenters. The van der Waals surface area contributed by atoms with Gasteiger partial charge in [0.05, 0.1) is 0 Å².